The van der Waals surface area contributed by atoms with Gasteiger partial charge in [-0.3, -0.25) is 4.79 Å². The van der Waals surface area contributed by atoms with Crippen LogP contribution in [-0.4, -0.2) is 46.2 Å². The van der Waals surface area contributed by atoms with Gasteiger partial charge in [0.1, 0.15) is 6.04 Å². The maximum absolute atomic E-state index is 12.2. The van der Waals surface area contributed by atoms with Crippen molar-refractivity contribution in [3.8, 4) is 6.07 Å². The van der Waals surface area contributed by atoms with Crippen LogP contribution in [0.5, 0.6) is 0 Å². The van der Waals surface area contributed by atoms with E-state index in [4.69, 9.17) is 10.4 Å². The number of carboxylic acids is 1. The molecule has 2 rings (SSSR count). The number of hydrogen-bond donors (Lipinski definition) is 1. The molecule has 2 aliphatic rings. The summed E-state index contributed by atoms with van der Waals surface area (Å²) in [6.45, 7) is 1.29. The van der Waals surface area contributed by atoms with Crippen molar-refractivity contribution in [2.75, 3.05) is 5.75 Å². The van der Waals surface area contributed by atoms with Crippen molar-refractivity contribution in [3.63, 3.8) is 0 Å². The average molecular weight is 290 g/mol. The molecule has 0 aromatic rings. The average Bonchev–Trinajstić information content (AvgIpc) is 3.05. The zero-order chi connectivity index (χ0) is 13.5. The van der Waals surface area contributed by atoms with Crippen molar-refractivity contribution < 1.29 is 18.3 Å². The van der Waals surface area contributed by atoms with Gasteiger partial charge in [-0.25, -0.2) is 8.42 Å². The largest absolute Gasteiger partial charge is 0.480 e. The van der Waals surface area contributed by atoms with Crippen molar-refractivity contribution in [2.24, 2.45) is 5.92 Å². The van der Waals surface area contributed by atoms with Crippen molar-refractivity contribution in [1.29, 1.82) is 5.26 Å². The lowest BCUT2D eigenvalue weighted by molar-refractivity contribution is -0.140. The minimum atomic E-state index is -3.87. The molecule has 0 aromatic heterocycles. The van der Waals surface area contributed by atoms with E-state index in [2.05, 4.69) is 0 Å². The van der Waals surface area contributed by atoms with Gasteiger partial charge in [-0.1, -0.05) is 0 Å². The third-order valence-electron chi connectivity index (χ3n) is 3.22. The molecule has 1 aliphatic heterocycles. The summed E-state index contributed by atoms with van der Waals surface area (Å²) in [7, 11) is -3.87. The van der Waals surface area contributed by atoms with Crippen LogP contribution >= 0.6 is 11.8 Å². The molecular weight excluding hydrogens is 276 g/mol. The molecule has 0 bridgehead atoms. The normalized spacial score (nSPS) is 30.9. The first-order chi connectivity index (χ1) is 8.39. The van der Waals surface area contributed by atoms with E-state index >= 15 is 0 Å². The van der Waals surface area contributed by atoms with Gasteiger partial charge in [-0.05, 0) is 25.7 Å². The monoisotopic (exact) mass is 290 g/mol. The Morgan fingerprint density at radius 2 is 2.17 bits per heavy atom. The molecule has 1 aliphatic carbocycles. The second-order valence-electron chi connectivity index (χ2n) is 4.56. The molecular formula is C10H14N2O4S2. The summed E-state index contributed by atoms with van der Waals surface area (Å²) >= 11 is 1.37. The van der Waals surface area contributed by atoms with Crippen LogP contribution in [0.15, 0.2) is 0 Å². The summed E-state index contributed by atoms with van der Waals surface area (Å²) in [5, 5.41) is 16.4. The SMILES string of the molecule is CC(C#N)S(=O)(=O)N1C(C(=O)O)CSC1C1CC1. The Bertz CT molecular complexity index is 494. The Hall–Kier alpha value is -0.780. The van der Waals surface area contributed by atoms with Crippen molar-refractivity contribution in [2.45, 2.75) is 36.4 Å². The van der Waals surface area contributed by atoms with Gasteiger partial charge in [-0.2, -0.15) is 9.57 Å². The zero-order valence-corrected chi connectivity index (χ0v) is 11.4. The first kappa shape index (κ1) is 13.6. The van der Waals surface area contributed by atoms with Gasteiger partial charge in [0, 0.05) is 5.75 Å². The maximum Gasteiger partial charge on any atom is 0.322 e. The Balaban J connectivity index is 2.35. The molecule has 0 aromatic carbocycles. The van der Waals surface area contributed by atoms with Crippen LogP contribution < -0.4 is 0 Å². The number of sulfonamides is 1. The van der Waals surface area contributed by atoms with Gasteiger partial charge < -0.3 is 5.11 Å². The lowest BCUT2D eigenvalue weighted by Crippen LogP contribution is -2.49. The van der Waals surface area contributed by atoms with Crippen LogP contribution in [0.25, 0.3) is 0 Å². The number of carbonyl (C=O) groups is 1. The minimum Gasteiger partial charge on any atom is -0.480 e. The smallest absolute Gasteiger partial charge is 0.322 e. The van der Waals surface area contributed by atoms with Crippen LogP contribution in [0, 0.1) is 17.2 Å². The van der Waals surface area contributed by atoms with E-state index in [9.17, 15) is 13.2 Å². The zero-order valence-electron chi connectivity index (χ0n) is 9.81. The first-order valence-electron chi connectivity index (χ1n) is 5.66. The Morgan fingerprint density at radius 1 is 1.56 bits per heavy atom. The maximum atomic E-state index is 12.2. The van der Waals surface area contributed by atoms with Gasteiger partial charge >= 0.3 is 5.97 Å². The highest BCUT2D eigenvalue weighted by atomic mass is 32.2. The Labute approximate surface area is 110 Å². The number of aliphatic carboxylic acids is 1. The van der Waals surface area contributed by atoms with Gasteiger partial charge in [0.05, 0.1) is 11.4 Å². The van der Waals surface area contributed by atoms with E-state index in [0.29, 0.717) is 0 Å². The van der Waals surface area contributed by atoms with E-state index in [-0.39, 0.29) is 17.0 Å². The second kappa shape index (κ2) is 4.72. The molecule has 1 heterocycles. The molecule has 1 saturated heterocycles. The number of carboxylic acid groups (broad SMARTS) is 1. The highest BCUT2D eigenvalue weighted by molar-refractivity contribution is 8.01. The number of nitriles is 1. The molecule has 1 N–H and O–H groups in total. The van der Waals surface area contributed by atoms with Crippen molar-refractivity contribution in [1.82, 2.24) is 4.31 Å². The summed E-state index contributed by atoms with van der Waals surface area (Å²) in [6.07, 6.45) is 1.86. The van der Waals surface area contributed by atoms with E-state index in [0.717, 1.165) is 17.1 Å². The van der Waals surface area contributed by atoms with Gasteiger partial charge in [-0.15, -0.1) is 11.8 Å². The number of rotatable bonds is 4. The van der Waals surface area contributed by atoms with E-state index < -0.39 is 27.3 Å². The van der Waals surface area contributed by atoms with Crippen LogP contribution in [0.1, 0.15) is 19.8 Å². The van der Waals surface area contributed by atoms with Crippen molar-refractivity contribution in [3.05, 3.63) is 0 Å². The number of thioether (sulfide) groups is 1. The summed E-state index contributed by atoms with van der Waals surface area (Å²) < 4.78 is 25.6. The molecule has 3 atom stereocenters. The Kier molecular flexibility index (Phi) is 3.58. The van der Waals surface area contributed by atoms with E-state index in [1.807, 2.05) is 0 Å². The molecule has 1 saturated carbocycles. The molecule has 3 unspecified atom stereocenters. The Morgan fingerprint density at radius 3 is 2.61 bits per heavy atom. The molecule has 6 nitrogen and oxygen atoms in total. The fourth-order valence-corrected chi connectivity index (χ4v) is 5.63. The molecule has 0 spiro atoms. The predicted molar refractivity (Wildman–Crippen MR) is 66.2 cm³/mol. The van der Waals surface area contributed by atoms with Crippen LogP contribution in [0.3, 0.4) is 0 Å². The lowest BCUT2D eigenvalue weighted by atomic mass is 10.3. The van der Waals surface area contributed by atoms with Crippen LogP contribution in [0.2, 0.25) is 0 Å². The molecule has 100 valence electrons. The van der Waals surface area contributed by atoms with Crippen molar-refractivity contribution >= 4 is 27.8 Å². The van der Waals surface area contributed by atoms with Gasteiger partial charge in [0.2, 0.25) is 10.0 Å². The predicted octanol–water partition coefficient (Wildman–Crippen LogP) is 0.466. The third kappa shape index (κ3) is 2.22. The van der Waals surface area contributed by atoms with Crippen LogP contribution in [-0.2, 0) is 14.8 Å². The first-order valence-corrected chi connectivity index (χ1v) is 8.21. The van der Waals surface area contributed by atoms with Gasteiger partial charge in [0.25, 0.3) is 0 Å². The van der Waals surface area contributed by atoms with E-state index in [1.165, 1.54) is 18.7 Å². The quantitative estimate of drug-likeness (QED) is 0.808. The molecule has 18 heavy (non-hydrogen) atoms. The topological polar surface area (TPSA) is 98.5 Å². The fraction of sp³-hybridized carbons (Fsp3) is 0.800. The molecule has 2 fully saturated rings. The summed E-state index contributed by atoms with van der Waals surface area (Å²) in [5.74, 6) is -0.646. The fourth-order valence-electron chi connectivity index (χ4n) is 1.99. The molecule has 8 heteroatoms. The third-order valence-corrected chi connectivity index (χ3v) is 6.88. The standard InChI is InChI=1S/C10H14N2O4S2/c1-6(4-11)18(15,16)12-8(10(13)14)5-17-9(12)7-2-3-7/h6-9H,2-3,5H2,1H3,(H,13,14). The lowest BCUT2D eigenvalue weighted by Gasteiger charge is -2.27. The van der Waals surface area contributed by atoms with E-state index in [1.54, 1.807) is 6.07 Å². The number of hydrogen-bond acceptors (Lipinski definition) is 5. The molecule has 0 amide bonds. The van der Waals surface area contributed by atoms with Crippen LogP contribution in [0.4, 0.5) is 0 Å². The number of nitrogens with zero attached hydrogens (tertiary/aromatic N) is 2. The highest BCUT2D eigenvalue weighted by Crippen LogP contribution is 2.47. The summed E-state index contributed by atoms with van der Waals surface area (Å²) in [6, 6.07) is 0.649. The van der Waals surface area contributed by atoms with Gasteiger partial charge in [0.15, 0.2) is 5.25 Å². The summed E-state index contributed by atoms with van der Waals surface area (Å²) in [5.41, 5.74) is 0. The highest BCUT2D eigenvalue weighted by Gasteiger charge is 2.52. The summed E-state index contributed by atoms with van der Waals surface area (Å²) in [4.78, 5) is 11.2. The second-order valence-corrected chi connectivity index (χ2v) is 7.87. The molecule has 0 radical (unpaired) electrons. The minimum absolute atomic E-state index is 0.236.